The first-order valence-corrected chi connectivity index (χ1v) is 13.8. The molecule has 2 aromatic carbocycles. The van der Waals surface area contributed by atoms with Crippen molar-refractivity contribution in [3.05, 3.63) is 54.6 Å². The number of hydrogen-bond donors (Lipinski definition) is 1. The summed E-state index contributed by atoms with van der Waals surface area (Å²) in [6.45, 7) is 2.03. The van der Waals surface area contributed by atoms with E-state index in [1.165, 1.54) is 0 Å². The molecular weight excluding hydrogens is 427 g/mol. The van der Waals surface area contributed by atoms with E-state index in [0.29, 0.717) is 0 Å². The van der Waals surface area contributed by atoms with Crippen molar-refractivity contribution in [1.82, 2.24) is 3.11 Å². The van der Waals surface area contributed by atoms with Crippen molar-refractivity contribution in [1.29, 1.82) is 0 Å². The molecule has 1 fully saturated rings. The van der Waals surface area contributed by atoms with Crippen LogP contribution in [0.15, 0.2) is 54.6 Å². The van der Waals surface area contributed by atoms with E-state index in [1.54, 1.807) is 0 Å². The predicted molar refractivity (Wildman–Crippen MR) is 112 cm³/mol. The van der Waals surface area contributed by atoms with Crippen molar-refractivity contribution in [3.8, 4) is 11.1 Å². The molecule has 4 nitrogen and oxygen atoms in total. The van der Waals surface area contributed by atoms with Crippen molar-refractivity contribution >= 4 is 31.9 Å². The van der Waals surface area contributed by atoms with Gasteiger partial charge in [-0.15, -0.1) is 0 Å². The molecule has 5 heteroatoms. The molecule has 1 N–H and O–H groups in total. The van der Waals surface area contributed by atoms with Gasteiger partial charge in [0.2, 0.25) is 0 Å². The monoisotopic (exact) mass is 452 g/mol. The Hall–Kier alpha value is -1.60. The number of nitrogens with zero attached hydrogens (tertiary/aromatic N) is 1. The van der Waals surface area contributed by atoms with Crippen molar-refractivity contribution in [2.24, 2.45) is 0 Å². The number of carbonyl (C=O) groups is 1. The van der Waals surface area contributed by atoms with Crippen LogP contribution in [-0.2, 0) is 4.74 Å². The number of nitrogens with one attached hydrogen (secondary N) is 1. The SMILES string of the molecule is CI(C)N1CCCC(OC(=O)Nc2ccccc2-c2ccccc2)C1. The van der Waals surface area contributed by atoms with E-state index in [0.717, 1.165) is 42.7 Å². The van der Waals surface area contributed by atoms with Gasteiger partial charge in [0.05, 0.1) is 0 Å². The van der Waals surface area contributed by atoms with Gasteiger partial charge >= 0.3 is 157 Å². The van der Waals surface area contributed by atoms with Crippen molar-refractivity contribution in [2.45, 2.75) is 18.9 Å². The Morgan fingerprint density at radius 3 is 2.60 bits per heavy atom. The Bertz CT molecular complexity index is 706. The third-order valence-electron chi connectivity index (χ3n) is 4.33. The fourth-order valence-corrected chi connectivity index (χ4v) is 5.58. The molecule has 1 aliphatic heterocycles. The number of amides is 1. The molecule has 1 atom stereocenters. The van der Waals surface area contributed by atoms with Gasteiger partial charge in [0, 0.05) is 0 Å². The summed E-state index contributed by atoms with van der Waals surface area (Å²) in [7, 11) is 0. The normalized spacial score (nSPS) is 18.5. The van der Waals surface area contributed by atoms with Gasteiger partial charge in [-0.25, -0.2) is 0 Å². The number of ether oxygens (including phenoxy) is 1. The van der Waals surface area contributed by atoms with Gasteiger partial charge in [-0.2, -0.15) is 0 Å². The van der Waals surface area contributed by atoms with Gasteiger partial charge in [0.1, 0.15) is 0 Å². The van der Waals surface area contributed by atoms with E-state index in [2.05, 4.69) is 18.3 Å². The Morgan fingerprint density at radius 2 is 1.84 bits per heavy atom. The van der Waals surface area contributed by atoms with E-state index >= 15 is 0 Å². The number of piperidine rings is 1. The summed E-state index contributed by atoms with van der Waals surface area (Å²) in [6.07, 6.45) is 1.70. The van der Waals surface area contributed by atoms with Crippen LogP contribution in [-0.4, -0.2) is 38.3 Å². The van der Waals surface area contributed by atoms with Crippen LogP contribution in [0.4, 0.5) is 10.5 Å². The number of benzene rings is 2. The number of hydrogen-bond acceptors (Lipinski definition) is 3. The molecule has 0 aliphatic carbocycles. The standard InChI is InChI=1S/C20H25IN2O2/c1-21(2)23-14-8-11-17(15-23)25-20(24)22-19-13-7-6-12-18(19)16-9-4-3-5-10-16/h3-7,9-10,12-13,17H,8,11,14-15H2,1-2H3,(H,22,24). The summed E-state index contributed by atoms with van der Waals surface area (Å²) in [5, 5.41) is 2.93. The first-order valence-electron chi connectivity index (χ1n) is 8.51. The topological polar surface area (TPSA) is 41.6 Å². The molecule has 0 aromatic heterocycles. The van der Waals surface area contributed by atoms with E-state index in [9.17, 15) is 4.79 Å². The van der Waals surface area contributed by atoms with E-state index in [1.807, 2.05) is 54.6 Å². The van der Waals surface area contributed by atoms with Crippen LogP contribution >= 0.6 is 20.1 Å². The third kappa shape index (κ3) is 4.95. The predicted octanol–water partition coefficient (Wildman–Crippen LogP) is 5.05. The molecule has 0 spiro atoms. The Labute approximate surface area is 157 Å². The number of carbonyl (C=O) groups excluding carboxylic acids is 1. The van der Waals surface area contributed by atoms with Gasteiger partial charge in [0.25, 0.3) is 0 Å². The molecule has 1 heterocycles. The zero-order valence-electron chi connectivity index (χ0n) is 14.7. The van der Waals surface area contributed by atoms with Gasteiger partial charge in [-0.1, -0.05) is 0 Å². The quantitative estimate of drug-likeness (QED) is 0.401. The Balaban J connectivity index is 1.66. The van der Waals surface area contributed by atoms with E-state index in [4.69, 9.17) is 4.74 Å². The maximum atomic E-state index is 12.4. The van der Waals surface area contributed by atoms with Gasteiger partial charge in [-0.05, 0) is 0 Å². The molecule has 25 heavy (non-hydrogen) atoms. The molecule has 1 amide bonds. The number of para-hydroxylation sites is 1. The van der Waals surface area contributed by atoms with Crippen LogP contribution in [0.2, 0.25) is 0 Å². The minimum atomic E-state index is -1.000. The number of alkyl halides is 2. The van der Waals surface area contributed by atoms with Crippen LogP contribution in [0, 0.1) is 0 Å². The van der Waals surface area contributed by atoms with Crippen LogP contribution in [0.5, 0.6) is 0 Å². The van der Waals surface area contributed by atoms with Crippen molar-refractivity contribution in [3.63, 3.8) is 0 Å². The average Bonchev–Trinajstić information content (AvgIpc) is 2.63. The molecule has 0 saturated carbocycles. The summed E-state index contributed by atoms with van der Waals surface area (Å²) in [6, 6.07) is 17.9. The molecule has 134 valence electrons. The van der Waals surface area contributed by atoms with Gasteiger partial charge in [-0.3, -0.25) is 0 Å². The Kier molecular flexibility index (Phi) is 6.31. The van der Waals surface area contributed by atoms with Crippen molar-refractivity contribution in [2.75, 3.05) is 28.3 Å². The molecule has 2 aromatic rings. The zero-order valence-corrected chi connectivity index (χ0v) is 16.9. The second-order valence-electron chi connectivity index (χ2n) is 6.29. The molecule has 0 bridgehead atoms. The van der Waals surface area contributed by atoms with Crippen LogP contribution in [0.1, 0.15) is 12.8 Å². The first kappa shape index (κ1) is 18.2. The maximum absolute atomic E-state index is 12.4. The Morgan fingerprint density at radius 1 is 1.12 bits per heavy atom. The molecule has 1 saturated heterocycles. The summed E-state index contributed by atoms with van der Waals surface area (Å²) in [4.78, 5) is 17.1. The van der Waals surface area contributed by atoms with Crippen molar-refractivity contribution < 1.29 is 9.53 Å². The third-order valence-corrected chi connectivity index (χ3v) is 7.93. The molecule has 0 radical (unpaired) electrons. The number of anilines is 1. The second kappa shape index (κ2) is 8.67. The number of halogens is 1. The van der Waals surface area contributed by atoms with Gasteiger partial charge < -0.3 is 0 Å². The summed E-state index contributed by atoms with van der Waals surface area (Å²) >= 11 is -1.000. The summed E-state index contributed by atoms with van der Waals surface area (Å²) in [5.74, 6) is 0. The van der Waals surface area contributed by atoms with Gasteiger partial charge in [0.15, 0.2) is 0 Å². The van der Waals surface area contributed by atoms with Crippen LogP contribution in [0.25, 0.3) is 11.1 Å². The molecule has 1 aliphatic rings. The second-order valence-corrected chi connectivity index (χ2v) is 11.7. The van der Waals surface area contributed by atoms with Crippen LogP contribution in [0.3, 0.4) is 0 Å². The fourth-order valence-electron chi connectivity index (χ4n) is 3.05. The molecule has 3 rings (SSSR count). The first-order chi connectivity index (χ1) is 12.1. The van der Waals surface area contributed by atoms with E-state index in [-0.39, 0.29) is 12.2 Å². The summed E-state index contributed by atoms with van der Waals surface area (Å²) in [5.41, 5.74) is 2.86. The minimum absolute atomic E-state index is 0.00247. The summed E-state index contributed by atoms with van der Waals surface area (Å²) < 4.78 is 8.22. The number of rotatable bonds is 4. The fraction of sp³-hybridized carbons (Fsp3) is 0.350. The molecule has 1 unspecified atom stereocenters. The van der Waals surface area contributed by atoms with E-state index < -0.39 is 20.1 Å². The molecular formula is C20H25IN2O2. The van der Waals surface area contributed by atoms with Crippen LogP contribution < -0.4 is 5.32 Å². The average molecular weight is 452 g/mol. The zero-order chi connectivity index (χ0) is 17.6.